The first-order valence-corrected chi connectivity index (χ1v) is 4.50. The van der Waals surface area contributed by atoms with Gasteiger partial charge < -0.3 is 10.6 Å². The zero-order valence-corrected chi connectivity index (χ0v) is 8.07. The Bertz CT molecular complexity index is 120. The molecule has 66 valence electrons. The third-order valence-corrected chi connectivity index (χ3v) is 2.41. The molecule has 0 aliphatic carbocycles. The fourth-order valence-corrected chi connectivity index (χ4v) is 1.38. The number of nitrogens with one attached hydrogen (secondary N) is 2. The van der Waals surface area contributed by atoms with Crippen LogP contribution in [0.5, 0.6) is 0 Å². The van der Waals surface area contributed by atoms with Crippen molar-refractivity contribution in [3.05, 3.63) is 0 Å². The van der Waals surface area contributed by atoms with Crippen LogP contribution in [-0.2, 0) is 0 Å². The first-order chi connectivity index (χ1) is 5.01. The second-order valence-corrected chi connectivity index (χ2v) is 4.50. The smallest absolute Gasteiger partial charge is 0.0250 e. The maximum absolute atomic E-state index is 3.55. The fraction of sp³-hybridized carbons (Fsp3) is 1.00. The van der Waals surface area contributed by atoms with E-state index < -0.39 is 0 Å². The van der Waals surface area contributed by atoms with Crippen LogP contribution in [0.15, 0.2) is 0 Å². The molecule has 0 saturated carbocycles. The van der Waals surface area contributed by atoms with Crippen LogP contribution in [0.4, 0.5) is 0 Å². The van der Waals surface area contributed by atoms with E-state index in [0.29, 0.717) is 6.04 Å². The van der Waals surface area contributed by atoms with Gasteiger partial charge in [-0.1, -0.05) is 13.8 Å². The molecular formula is C9H20N2. The Labute approximate surface area is 69.8 Å². The van der Waals surface area contributed by atoms with Crippen molar-refractivity contribution in [1.29, 1.82) is 0 Å². The van der Waals surface area contributed by atoms with Gasteiger partial charge in [-0.25, -0.2) is 0 Å². The lowest BCUT2D eigenvalue weighted by atomic mass is 9.96. The molecule has 0 aromatic carbocycles. The van der Waals surface area contributed by atoms with Crippen molar-refractivity contribution in [2.75, 3.05) is 13.1 Å². The van der Waals surface area contributed by atoms with Gasteiger partial charge in [0.25, 0.3) is 0 Å². The Morgan fingerprint density at radius 2 is 2.00 bits per heavy atom. The molecule has 1 rings (SSSR count). The van der Waals surface area contributed by atoms with E-state index in [1.165, 1.54) is 0 Å². The van der Waals surface area contributed by atoms with Crippen LogP contribution in [0.25, 0.3) is 0 Å². The normalized spacial score (nSPS) is 30.8. The largest absolute Gasteiger partial charge is 0.311 e. The van der Waals surface area contributed by atoms with Crippen molar-refractivity contribution < 1.29 is 0 Å². The fourth-order valence-electron chi connectivity index (χ4n) is 1.38. The van der Waals surface area contributed by atoms with E-state index >= 15 is 0 Å². The van der Waals surface area contributed by atoms with Crippen molar-refractivity contribution in [3.63, 3.8) is 0 Å². The molecule has 1 fully saturated rings. The van der Waals surface area contributed by atoms with Crippen molar-refractivity contribution >= 4 is 0 Å². The molecule has 1 aliphatic heterocycles. The SMILES string of the molecule is CC(C)C1CNC(C)(C)CN1. The minimum atomic E-state index is 0.283. The lowest BCUT2D eigenvalue weighted by Gasteiger charge is -2.38. The van der Waals surface area contributed by atoms with Gasteiger partial charge in [0.2, 0.25) is 0 Å². The molecule has 2 heteroatoms. The Kier molecular flexibility index (Phi) is 2.55. The van der Waals surface area contributed by atoms with Gasteiger partial charge in [0.15, 0.2) is 0 Å². The highest BCUT2D eigenvalue weighted by Crippen LogP contribution is 2.10. The summed E-state index contributed by atoms with van der Waals surface area (Å²) in [5.74, 6) is 0.735. The summed E-state index contributed by atoms with van der Waals surface area (Å²) in [6.45, 7) is 11.2. The maximum Gasteiger partial charge on any atom is 0.0250 e. The average molecular weight is 156 g/mol. The van der Waals surface area contributed by atoms with Gasteiger partial charge in [-0.3, -0.25) is 0 Å². The zero-order valence-electron chi connectivity index (χ0n) is 8.07. The van der Waals surface area contributed by atoms with Gasteiger partial charge in [0.05, 0.1) is 0 Å². The summed E-state index contributed by atoms with van der Waals surface area (Å²) in [7, 11) is 0. The molecule has 0 aromatic heterocycles. The first kappa shape index (κ1) is 9.01. The highest BCUT2D eigenvalue weighted by molar-refractivity contribution is 4.90. The molecule has 2 N–H and O–H groups in total. The van der Waals surface area contributed by atoms with Crippen molar-refractivity contribution in [2.45, 2.75) is 39.3 Å². The minimum Gasteiger partial charge on any atom is -0.311 e. The molecule has 11 heavy (non-hydrogen) atoms. The molecule has 1 aliphatic rings. The Morgan fingerprint density at radius 3 is 2.36 bits per heavy atom. The summed E-state index contributed by atoms with van der Waals surface area (Å²) in [6.07, 6.45) is 0. The lowest BCUT2D eigenvalue weighted by molar-refractivity contribution is 0.239. The summed E-state index contributed by atoms with van der Waals surface area (Å²) in [4.78, 5) is 0. The van der Waals surface area contributed by atoms with Crippen molar-refractivity contribution in [2.24, 2.45) is 5.92 Å². The molecular weight excluding hydrogens is 136 g/mol. The lowest BCUT2D eigenvalue weighted by Crippen LogP contribution is -2.61. The van der Waals surface area contributed by atoms with E-state index in [0.717, 1.165) is 19.0 Å². The van der Waals surface area contributed by atoms with Gasteiger partial charge in [-0.2, -0.15) is 0 Å². The monoisotopic (exact) mass is 156 g/mol. The molecule has 0 spiro atoms. The van der Waals surface area contributed by atoms with Crippen LogP contribution in [0.3, 0.4) is 0 Å². The number of piperazine rings is 1. The highest BCUT2D eigenvalue weighted by Gasteiger charge is 2.26. The van der Waals surface area contributed by atoms with Gasteiger partial charge in [0.1, 0.15) is 0 Å². The molecule has 1 unspecified atom stereocenters. The first-order valence-electron chi connectivity index (χ1n) is 4.50. The second kappa shape index (κ2) is 3.11. The van der Waals surface area contributed by atoms with Crippen LogP contribution in [0, 0.1) is 5.92 Å². The van der Waals surface area contributed by atoms with Gasteiger partial charge in [-0.05, 0) is 19.8 Å². The Morgan fingerprint density at radius 1 is 1.36 bits per heavy atom. The highest BCUT2D eigenvalue weighted by atomic mass is 15.1. The summed E-state index contributed by atoms with van der Waals surface area (Å²) >= 11 is 0. The average Bonchev–Trinajstić information content (AvgIpc) is 1.86. The van der Waals surface area contributed by atoms with Crippen LogP contribution in [-0.4, -0.2) is 24.7 Å². The van der Waals surface area contributed by atoms with E-state index in [1.54, 1.807) is 0 Å². The van der Waals surface area contributed by atoms with Crippen LogP contribution >= 0.6 is 0 Å². The summed E-state index contributed by atoms with van der Waals surface area (Å²) in [5, 5.41) is 7.07. The summed E-state index contributed by atoms with van der Waals surface area (Å²) in [5.41, 5.74) is 0.283. The predicted molar refractivity (Wildman–Crippen MR) is 48.7 cm³/mol. The molecule has 0 radical (unpaired) electrons. The minimum absolute atomic E-state index is 0.283. The molecule has 0 amide bonds. The quantitative estimate of drug-likeness (QED) is 0.591. The number of rotatable bonds is 1. The van der Waals surface area contributed by atoms with Gasteiger partial charge in [0, 0.05) is 24.7 Å². The summed E-state index contributed by atoms with van der Waals surface area (Å²) in [6, 6.07) is 0.656. The van der Waals surface area contributed by atoms with Crippen LogP contribution in [0.2, 0.25) is 0 Å². The van der Waals surface area contributed by atoms with Crippen molar-refractivity contribution in [1.82, 2.24) is 10.6 Å². The Balaban J connectivity index is 2.36. The molecule has 2 nitrogen and oxygen atoms in total. The van der Waals surface area contributed by atoms with Gasteiger partial charge in [-0.15, -0.1) is 0 Å². The van der Waals surface area contributed by atoms with E-state index in [2.05, 4.69) is 38.3 Å². The van der Waals surface area contributed by atoms with Gasteiger partial charge >= 0.3 is 0 Å². The Hall–Kier alpha value is -0.0800. The van der Waals surface area contributed by atoms with Crippen LogP contribution in [0.1, 0.15) is 27.7 Å². The molecule has 1 heterocycles. The molecule has 0 aromatic rings. The summed E-state index contributed by atoms with van der Waals surface area (Å²) < 4.78 is 0. The number of hydrogen-bond donors (Lipinski definition) is 2. The van der Waals surface area contributed by atoms with E-state index in [-0.39, 0.29) is 5.54 Å². The maximum atomic E-state index is 3.55. The molecule has 1 saturated heterocycles. The predicted octanol–water partition coefficient (Wildman–Crippen LogP) is 0.982. The standard InChI is InChI=1S/C9H20N2/c1-7(2)8-5-11-9(3,4)6-10-8/h7-8,10-11H,5-6H2,1-4H3. The number of hydrogen-bond acceptors (Lipinski definition) is 2. The molecule has 1 atom stereocenters. The van der Waals surface area contributed by atoms with E-state index in [4.69, 9.17) is 0 Å². The van der Waals surface area contributed by atoms with Crippen molar-refractivity contribution in [3.8, 4) is 0 Å². The zero-order chi connectivity index (χ0) is 8.48. The topological polar surface area (TPSA) is 24.1 Å². The molecule has 0 bridgehead atoms. The van der Waals surface area contributed by atoms with E-state index in [9.17, 15) is 0 Å². The second-order valence-electron chi connectivity index (χ2n) is 4.50. The van der Waals surface area contributed by atoms with Crippen LogP contribution < -0.4 is 10.6 Å². The third-order valence-electron chi connectivity index (χ3n) is 2.41. The third kappa shape index (κ3) is 2.46. The van der Waals surface area contributed by atoms with E-state index in [1.807, 2.05) is 0 Å².